The quantitative estimate of drug-likeness (QED) is 0.877. The molecule has 0 amide bonds. The first-order valence-corrected chi connectivity index (χ1v) is 5.46. The van der Waals surface area contributed by atoms with Crippen molar-refractivity contribution in [2.24, 2.45) is 0 Å². The second-order valence-corrected chi connectivity index (χ2v) is 4.05. The lowest BCUT2D eigenvalue weighted by molar-refractivity contribution is 0.264. The lowest BCUT2D eigenvalue weighted by atomic mass is 10.0. The minimum atomic E-state index is 0.0551. The Morgan fingerprint density at radius 2 is 2.18 bits per heavy atom. The summed E-state index contributed by atoms with van der Waals surface area (Å²) in [6.07, 6.45) is 0. The highest BCUT2D eigenvalue weighted by Gasteiger charge is 2.05. The van der Waals surface area contributed by atoms with Crippen molar-refractivity contribution in [1.29, 1.82) is 0 Å². The standard InChI is InChI=1S/C12H15N3O2/c1-8(2)9-4-3-5-10(6-9)16-7-11-14-15-12(13)17-11/h3-6,8H,7H2,1-2H3,(H2,13,15). The van der Waals surface area contributed by atoms with E-state index in [2.05, 4.69) is 30.1 Å². The van der Waals surface area contributed by atoms with Crippen LogP contribution in [0.25, 0.3) is 0 Å². The van der Waals surface area contributed by atoms with Crippen LogP contribution >= 0.6 is 0 Å². The maximum atomic E-state index is 5.54. The van der Waals surface area contributed by atoms with E-state index in [0.29, 0.717) is 11.8 Å². The van der Waals surface area contributed by atoms with E-state index >= 15 is 0 Å². The highest BCUT2D eigenvalue weighted by molar-refractivity contribution is 5.30. The SMILES string of the molecule is CC(C)c1cccc(OCc2nnc(N)o2)c1. The number of hydrogen-bond acceptors (Lipinski definition) is 5. The minimum absolute atomic E-state index is 0.0551. The Kier molecular flexibility index (Phi) is 3.27. The molecule has 1 heterocycles. The monoisotopic (exact) mass is 233 g/mol. The number of nitrogen functional groups attached to an aromatic ring is 1. The van der Waals surface area contributed by atoms with E-state index in [4.69, 9.17) is 14.9 Å². The average Bonchev–Trinajstić information content (AvgIpc) is 2.73. The van der Waals surface area contributed by atoms with Crippen molar-refractivity contribution in [1.82, 2.24) is 10.2 Å². The van der Waals surface area contributed by atoms with Gasteiger partial charge in [-0.25, -0.2) is 0 Å². The average molecular weight is 233 g/mol. The molecule has 5 nitrogen and oxygen atoms in total. The van der Waals surface area contributed by atoms with Crippen molar-refractivity contribution in [3.05, 3.63) is 35.7 Å². The molecule has 0 bridgehead atoms. The maximum absolute atomic E-state index is 5.54. The van der Waals surface area contributed by atoms with Gasteiger partial charge in [-0.3, -0.25) is 0 Å². The molecular weight excluding hydrogens is 218 g/mol. The maximum Gasteiger partial charge on any atom is 0.312 e. The summed E-state index contributed by atoms with van der Waals surface area (Å²) in [6.45, 7) is 4.50. The van der Waals surface area contributed by atoms with Gasteiger partial charge >= 0.3 is 6.01 Å². The van der Waals surface area contributed by atoms with E-state index in [-0.39, 0.29) is 12.6 Å². The molecular formula is C12H15N3O2. The van der Waals surface area contributed by atoms with Gasteiger partial charge in [0.1, 0.15) is 5.75 Å². The summed E-state index contributed by atoms with van der Waals surface area (Å²) in [6, 6.07) is 7.99. The van der Waals surface area contributed by atoms with Crippen LogP contribution in [0.3, 0.4) is 0 Å². The Morgan fingerprint density at radius 3 is 2.82 bits per heavy atom. The van der Waals surface area contributed by atoms with Crippen molar-refractivity contribution in [2.75, 3.05) is 5.73 Å². The molecule has 0 spiro atoms. The van der Waals surface area contributed by atoms with Crippen LogP contribution in [0, 0.1) is 0 Å². The van der Waals surface area contributed by atoms with Crippen molar-refractivity contribution < 1.29 is 9.15 Å². The molecule has 5 heteroatoms. The van der Waals surface area contributed by atoms with Crippen LogP contribution in [0.2, 0.25) is 0 Å². The van der Waals surface area contributed by atoms with Crippen LogP contribution < -0.4 is 10.5 Å². The third-order valence-corrected chi connectivity index (χ3v) is 2.37. The molecule has 2 rings (SSSR count). The summed E-state index contributed by atoms with van der Waals surface area (Å²) < 4.78 is 10.6. The van der Waals surface area contributed by atoms with Gasteiger partial charge in [-0.2, -0.15) is 0 Å². The summed E-state index contributed by atoms with van der Waals surface area (Å²) in [5, 5.41) is 7.28. The van der Waals surface area contributed by atoms with Crippen LogP contribution in [0.15, 0.2) is 28.7 Å². The van der Waals surface area contributed by atoms with Crippen LogP contribution in [0.5, 0.6) is 5.75 Å². The van der Waals surface area contributed by atoms with Gasteiger partial charge in [0.05, 0.1) is 0 Å². The Morgan fingerprint density at radius 1 is 1.35 bits per heavy atom. The molecule has 0 saturated heterocycles. The minimum Gasteiger partial charge on any atom is -0.484 e. The van der Waals surface area contributed by atoms with Gasteiger partial charge < -0.3 is 14.9 Å². The second-order valence-electron chi connectivity index (χ2n) is 4.05. The Bertz CT molecular complexity index is 494. The zero-order valence-electron chi connectivity index (χ0n) is 9.88. The smallest absolute Gasteiger partial charge is 0.312 e. The highest BCUT2D eigenvalue weighted by Crippen LogP contribution is 2.20. The van der Waals surface area contributed by atoms with E-state index < -0.39 is 0 Å². The molecule has 0 aliphatic rings. The van der Waals surface area contributed by atoms with Crippen LogP contribution in [-0.2, 0) is 6.61 Å². The predicted octanol–water partition coefficient (Wildman–Crippen LogP) is 2.35. The Hall–Kier alpha value is -2.04. The largest absolute Gasteiger partial charge is 0.484 e. The van der Waals surface area contributed by atoms with Gasteiger partial charge in [-0.15, -0.1) is 5.10 Å². The van der Waals surface area contributed by atoms with Gasteiger partial charge in [-0.1, -0.05) is 31.1 Å². The summed E-state index contributed by atoms with van der Waals surface area (Å²) >= 11 is 0. The lowest BCUT2D eigenvalue weighted by Crippen LogP contribution is -1.97. The molecule has 17 heavy (non-hydrogen) atoms. The number of aromatic nitrogens is 2. The molecule has 0 atom stereocenters. The summed E-state index contributed by atoms with van der Waals surface area (Å²) in [5.41, 5.74) is 6.54. The molecule has 0 unspecified atom stereocenters. The van der Waals surface area contributed by atoms with Gasteiger partial charge in [0, 0.05) is 0 Å². The molecule has 2 aromatic rings. The van der Waals surface area contributed by atoms with Crippen LogP contribution in [-0.4, -0.2) is 10.2 Å². The first-order chi connectivity index (χ1) is 8.15. The molecule has 2 N–H and O–H groups in total. The number of hydrogen-bond donors (Lipinski definition) is 1. The number of ether oxygens (including phenoxy) is 1. The van der Waals surface area contributed by atoms with E-state index in [9.17, 15) is 0 Å². The van der Waals surface area contributed by atoms with E-state index in [0.717, 1.165) is 5.75 Å². The van der Waals surface area contributed by atoms with Gasteiger partial charge in [0.25, 0.3) is 5.89 Å². The van der Waals surface area contributed by atoms with E-state index in [1.54, 1.807) is 0 Å². The van der Waals surface area contributed by atoms with Crippen molar-refractivity contribution in [2.45, 2.75) is 26.4 Å². The second kappa shape index (κ2) is 4.86. The molecule has 90 valence electrons. The third kappa shape index (κ3) is 2.96. The Labute approximate surface area is 99.6 Å². The zero-order chi connectivity index (χ0) is 12.3. The van der Waals surface area contributed by atoms with Crippen LogP contribution in [0.1, 0.15) is 31.2 Å². The van der Waals surface area contributed by atoms with Crippen molar-refractivity contribution in [3.8, 4) is 5.75 Å². The summed E-state index contributed by atoms with van der Waals surface area (Å²) in [5.74, 6) is 1.63. The fourth-order valence-electron chi connectivity index (χ4n) is 1.43. The number of rotatable bonds is 4. The molecule has 1 aromatic carbocycles. The van der Waals surface area contributed by atoms with Gasteiger partial charge in [0.2, 0.25) is 0 Å². The van der Waals surface area contributed by atoms with E-state index in [1.807, 2.05) is 18.2 Å². The zero-order valence-corrected chi connectivity index (χ0v) is 9.88. The third-order valence-electron chi connectivity index (χ3n) is 2.37. The number of nitrogens with two attached hydrogens (primary N) is 1. The van der Waals surface area contributed by atoms with E-state index in [1.165, 1.54) is 5.56 Å². The van der Waals surface area contributed by atoms with Gasteiger partial charge in [0.15, 0.2) is 6.61 Å². The van der Waals surface area contributed by atoms with Crippen LogP contribution in [0.4, 0.5) is 6.01 Å². The molecule has 0 aliphatic carbocycles. The molecule has 0 saturated carbocycles. The van der Waals surface area contributed by atoms with Crippen molar-refractivity contribution in [3.63, 3.8) is 0 Å². The lowest BCUT2D eigenvalue weighted by Gasteiger charge is -2.08. The normalized spacial score (nSPS) is 10.8. The highest BCUT2D eigenvalue weighted by atomic mass is 16.5. The van der Waals surface area contributed by atoms with Gasteiger partial charge in [-0.05, 0) is 23.6 Å². The van der Waals surface area contributed by atoms with Crippen molar-refractivity contribution >= 4 is 6.01 Å². The molecule has 0 fully saturated rings. The molecule has 0 aliphatic heterocycles. The number of anilines is 1. The topological polar surface area (TPSA) is 74.2 Å². The predicted molar refractivity (Wildman–Crippen MR) is 63.6 cm³/mol. The molecule has 0 radical (unpaired) electrons. The first-order valence-electron chi connectivity index (χ1n) is 5.46. The Balaban J connectivity index is 2.01. The first kappa shape index (κ1) is 11.4. The fraction of sp³-hybridized carbons (Fsp3) is 0.333. The summed E-state index contributed by atoms with van der Waals surface area (Å²) in [7, 11) is 0. The summed E-state index contributed by atoms with van der Waals surface area (Å²) in [4.78, 5) is 0. The number of benzene rings is 1. The number of nitrogens with zero attached hydrogens (tertiary/aromatic N) is 2. The molecule has 1 aromatic heterocycles. The fourth-order valence-corrected chi connectivity index (χ4v) is 1.43.